The van der Waals surface area contributed by atoms with Crippen LogP contribution in [0.2, 0.25) is 0 Å². The highest BCUT2D eigenvalue weighted by Gasteiger charge is 2.30. The summed E-state index contributed by atoms with van der Waals surface area (Å²) in [4.78, 5) is 24.6. The molecule has 146 valence electrons. The molecule has 5 nitrogen and oxygen atoms in total. The molecule has 2 aromatic heterocycles. The van der Waals surface area contributed by atoms with Crippen molar-refractivity contribution in [2.75, 3.05) is 5.32 Å². The fraction of sp³-hybridized carbons (Fsp3) is 0.158. The molecule has 0 fully saturated rings. The molecule has 1 atom stereocenters. The lowest BCUT2D eigenvalue weighted by Gasteiger charge is -2.15. The van der Waals surface area contributed by atoms with Crippen LogP contribution < -0.4 is 10.6 Å². The predicted molar refractivity (Wildman–Crippen MR) is 98.3 cm³/mol. The highest BCUT2D eigenvalue weighted by atomic mass is 32.1. The number of carbonyl (C=O) groups excluding carboxylic acids is 2. The average molecular weight is 408 g/mol. The lowest BCUT2D eigenvalue weighted by molar-refractivity contribution is -0.137. The van der Waals surface area contributed by atoms with Gasteiger partial charge in [-0.05, 0) is 48.9 Å². The predicted octanol–water partition coefficient (Wildman–Crippen LogP) is 5.10. The van der Waals surface area contributed by atoms with Gasteiger partial charge in [0.1, 0.15) is 0 Å². The van der Waals surface area contributed by atoms with Crippen LogP contribution in [-0.2, 0) is 6.18 Å². The minimum absolute atomic E-state index is 0.137. The third kappa shape index (κ3) is 4.61. The number of alkyl halides is 3. The number of carbonyl (C=O) groups is 2. The monoisotopic (exact) mass is 408 g/mol. The summed E-state index contributed by atoms with van der Waals surface area (Å²) in [6, 6.07) is 10.4. The number of halogens is 3. The summed E-state index contributed by atoms with van der Waals surface area (Å²) < 4.78 is 43.5. The quantitative estimate of drug-likeness (QED) is 0.617. The summed E-state index contributed by atoms with van der Waals surface area (Å²) in [5, 5.41) is 5.71. The van der Waals surface area contributed by atoms with Gasteiger partial charge in [0.25, 0.3) is 11.8 Å². The van der Waals surface area contributed by atoms with E-state index in [0.29, 0.717) is 15.4 Å². The van der Waals surface area contributed by atoms with Gasteiger partial charge >= 0.3 is 6.18 Å². The Hall–Kier alpha value is -3.07. The number of rotatable bonds is 5. The first-order valence-corrected chi connectivity index (χ1v) is 8.98. The van der Waals surface area contributed by atoms with E-state index < -0.39 is 29.6 Å². The molecule has 2 N–H and O–H groups in total. The maximum atomic E-state index is 12.8. The second kappa shape index (κ2) is 7.89. The van der Waals surface area contributed by atoms with Gasteiger partial charge in [0.05, 0.1) is 27.7 Å². The van der Waals surface area contributed by atoms with Crippen LogP contribution in [0.15, 0.2) is 59.2 Å². The van der Waals surface area contributed by atoms with E-state index >= 15 is 0 Å². The summed E-state index contributed by atoms with van der Waals surface area (Å²) in [5.74, 6) is -0.762. The molecule has 0 aliphatic rings. The third-order valence-corrected chi connectivity index (χ3v) is 4.87. The molecule has 0 saturated carbocycles. The molecule has 3 rings (SSSR count). The van der Waals surface area contributed by atoms with Crippen molar-refractivity contribution in [3.8, 4) is 0 Å². The molecular weight excluding hydrogens is 393 g/mol. The molecule has 2 amide bonds. The standard InChI is InChI=1S/C19H15F3N2O3S/c1-11(12-4-2-5-13(10-12)19(20,21)22)23-18(26)15-7-8-16(28-15)24-17(25)14-6-3-9-27-14/h2-11H,1H3,(H,23,26)(H,24,25). The fourth-order valence-corrected chi connectivity index (χ4v) is 3.25. The number of benzene rings is 1. The first kappa shape index (κ1) is 19.7. The Kier molecular flexibility index (Phi) is 5.55. The minimum atomic E-state index is -4.45. The van der Waals surface area contributed by atoms with Crippen molar-refractivity contribution in [3.63, 3.8) is 0 Å². The molecule has 0 aliphatic heterocycles. The largest absolute Gasteiger partial charge is 0.459 e. The zero-order valence-electron chi connectivity index (χ0n) is 14.5. The number of amides is 2. The topological polar surface area (TPSA) is 71.3 Å². The smallest absolute Gasteiger partial charge is 0.416 e. The molecule has 1 aromatic carbocycles. The molecule has 2 heterocycles. The maximum Gasteiger partial charge on any atom is 0.416 e. The summed E-state index contributed by atoms with van der Waals surface area (Å²) in [6.07, 6.45) is -3.08. The fourth-order valence-electron chi connectivity index (χ4n) is 2.44. The van der Waals surface area contributed by atoms with Crippen LogP contribution in [0.3, 0.4) is 0 Å². The van der Waals surface area contributed by atoms with Crippen LogP contribution in [0, 0.1) is 0 Å². The van der Waals surface area contributed by atoms with Crippen molar-refractivity contribution >= 4 is 28.2 Å². The van der Waals surface area contributed by atoms with Gasteiger partial charge in [0.2, 0.25) is 0 Å². The zero-order valence-corrected chi connectivity index (χ0v) is 15.4. The number of thiophene rings is 1. The lowest BCUT2D eigenvalue weighted by atomic mass is 10.0. The van der Waals surface area contributed by atoms with Crippen molar-refractivity contribution < 1.29 is 27.2 Å². The zero-order chi connectivity index (χ0) is 20.3. The van der Waals surface area contributed by atoms with Crippen molar-refractivity contribution in [1.82, 2.24) is 5.32 Å². The second-order valence-electron chi connectivity index (χ2n) is 5.91. The van der Waals surface area contributed by atoms with Gasteiger partial charge in [-0.25, -0.2) is 0 Å². The molecular formula is C19H15F3N2O3S. The third-order valence-electron chi connectivity index (χ3n) is 3.87. The normalized spacial score (nSPS) is 12.4. The van der Waals surface area contributed by atoms with Crippen LogP contribution in [-0.4, -0.2) is 11.8 Å². The molecule has 28 heavy (non-hydrogen) atoms. The Bertz CT molecular complexity index is 980. The van der Waals surface area contributed by atoms with Gasteiger partial charge in [-0.2, -0.15) is 13.2 Å². The average Bonchev–Trinajstić information content (AvgIpc) is 3.33. The number of hydrogen-bond donors (Lipinski definition) is 2. The molecule has 0 saturated heterocycles. The van der Waals surface area contributed by atoms with Gasteiger partial charge in [-0.1, -0.05) is 12.1 Å². The Morgan fingerprint density at radius 3 is 2.54 bits per heavy atom. The number of nitrogens with one attached hydrogen (secondary N) is 2. The van der Waals surface area contributed by atoms with Crippen molar-refractivity contribution in [3.05, 3.63) is 76.6 Å². The van der Waals surface area contributed by atoms with E-state index in [0.717, 1.165) is 23.5 Å². The van der Waals surface area contributed by atoms with E-state index in [1.54, 1.807) is 19.1 Å². The molecule has 0 radical (unpaired) electrons. The van der Waals surface area contributed by atoms with E-state index in [1.165, 1.54) is 30.5 Å². The molecule has 0 spiro atoms. The van der Waals surface area contributed by atoms with Gasteiger partial charge in [-0.3, -0.25) is 9.59 Å². The first-order chi connectivity index (χ1) is 13.2. The van der Waals surface area contributed by atoms with Crippen LogP contribution in [0.4, 0.5) is 18.2 Å². The Labute approximate surface area is 162 Å². The summed E-state index contributed by atoms with van der Waals surface area (Å²) in [5.41, 5.74) is -0.434. The van der Waals surface area contributed by atoms with Crippen molar-refractivity contribution in [2.45, 2.75) is 19.1 Å². The van der Waals surface area contributed by atoms with Gasteiger partial charge in [-0.15, -0.1) is 11.3 Å². The molecule has 0 aliphatic carbocycles. The Morgan fingerprint density at radius 2 is 1.86 bits per heavy atom. The van der Waals surface area contributed by atoms with Crippen molar-refractivity contribution in [2.24, 2.45) is 0 Å². The van der Waals surface area contributed by atoms with E-state index in [9.17, 15) is 22.8 Å². The van der Waals surface area contributed by atoms with E-state index in [2.05, 4.69) is 10.6 Å². The number of hydrogen-bond acceptors (Lipinski definition) is 4. The van der Waals surface area contributed by atoms with Gasteiger partial charge in [0, 0.05) is 0 Å². The van der Waals surface area contributed by atoms with Crippen LogP contribution >= 0.6 is 11.3 Å². The van der Waals surface area contributed by atoms with Crippen LogP contribution in [0.25, 0.3) is 0 Å². The maximum absolute atomic E-state index is 12.8. The lowest BCUT2D eigenvalue weighted by Crippen LogP contribution is -2.26. The van der Waals surface area contributed by atoms with Crippen LogP contribution in [0.1, 0.15) is 44.3 Å². The summed E-state index contributed by atoms with van der Waals surface area (Å²) in [7, 11) is 0. The summed E-state index contributed by atoms with van der Waals surface area (Å²) in [6.45, 7) is 1.60. The van der Waals surface area contributed by atoms with Gasteiger partial charge < -0.3 is 15.1 Å². The highest BCUT2D eigenvalue weighted by Crippen LogP contribution is 2.31. The Balaban J connectivity index is 1.65. The molecule has 1 unspecified atom stereocenters. The Morgan fingerprint density at radius 1 is 1.07 bits per heavy atom. The second-order valence-corrected chi connectivity index (χ2v) is 7.00. The molecule has 0 bridgehead atoms. The van der Waals surface area contributed by atoms with Crippen molar-refractivity contribution in [1.29, 1.82) is 0 Å². The highest BCUT2D eigenvalue weighted by molar-refractivity contribution is 7.18. The molecule has 9 heteroatoms. The number of anilines is 1. The van der Waals surface area contributed by atoms with Crippen LogP contribution in [0.5, 0.6) is 0 Å². The van der Waals surface area contributed by atoms with E-state index in [-0.39, 0.29) is 5.76 Å². The minimum Gasteiger partial charge on any atom is -0.459 e. The summed E-state index contributed by atoms with van der Waals surface area (Å²) >= 11 is 1.05. The first-order valence-electron chi connectivity index (χ1n) is 8.17. The van der Waals surface area contributed by atoms with E-state index in [1.807, 2.05) is 0 Å². The van der Waals surface area contributed by atoms with E-state index in [4.69, 9.17) is 4.42 Å². The van der Waals surface area contributed by atoms with Gasteiger partial charge in [0.15, 0.2) is 5.76 Å². The molecule has 3 aromatic rings. The SMILES string of the molecule is CC(NC(=O)c1ccc(NC(=O)c2ccco2)s1)c1cccc(C(F)(F)F)c1. The number of furan rings is 1.